The lowest BCUT2D eigenvalue weighted by atomic mass is 9.85. The van der Waals surface area contributed by atoms with Crippen LogP contribution in [0.5, 0.6) is 0 Å². The smallest absolute Gasteiger partial charge is 0.457 e. The van der Waals surface area contributed by atoms with Crippen LogP contribution in [0.1, 0.15) is 206 Å². The average Bonchev–Trinajstić information content (AvgIpc) is 3.28. The largest absolute Gasteiger partial charge is 0.472 e. The molecule has 0 amide bonds. The Morgan fingerprint density at radius 1 is 0.516 bits per heavy atom. The van der Waals surface area contributed by atoms with Gasteiger partial charge in [0, 0.05) is 13.0 Å². The highest BCUT2D eigenvalue weighted by molar-refractivity contribution is 7.47. The number of carbonyl (C=O) groups is 1. The fourth-order valence-corrected chi connectivity index (χ4v) is 8.67. The van der Waals surface area contributed by atoms with Crippen LogP contribution in [-0.4, -0.2) is 98.9 Å². The Bertz CT molecular complexity index is 1240. The van der Waals surface area contributed by atoms with Gasteiger partial charge < -0.3 is 39.9 Å². The normalized spacial score (nSPS) is 22.1. The van der Waals surface area contributed by atoms with Crippen molar-refractivity contribution in [2.75, 3.05) is 19.8 Å². The molecule has 1 aliphatic rings. The third kappa shape index (κ3) is 32.9. The van der Waals surface area contributed by atoms with Gasteiger partial charge in [-0.15, -0.1) is 0 Å². The first-order valence-electron chi connectivity index (χ1n) is 25.5. The zero-order valence-corrected chi connectivity index (χ0v) is 41.0. The third-order valence-electron chi connectivity index (χ3n) is 11.7. The SMILES string of the molecule is CC/C=C\C/C=C\C/C=C\C/C=C\CCCCCCC(=O)OC(COCCCCCCCCCCCCCCCCCCCCCC)COP(=O)(O)OC1C(O)C(O)C(O)C(O)C1O. The van der Waals surface area contributed by atoms with Crippen LogP contribution < -0.4 is 0 Å². The molecule has 64 heavy (non-hydrogen) atoms. The predicted octanol–water partition coefficient (Wildman–Crippen LogP) is 11.2. The van der Waals surface area contributed by atoms with Crippen molar-refractivity contribution in [3.63, 3.8) is 0 Å². The topological polar surface area (TPSA) is 192 Å². The van der Waals surface area contributed by atoms with E-state index in [0.29, 0.717) is 13.0 Å². The van der Waals surface area contributed by atoms with Gasteiger partial charge in [0.2, 0.25) is 0 Å². The summed E-state index contributed by atoms with van der Waals surface area (Å²) in [5.41, 5.74) is 0. The van der Waals surface area contributed by atoms with E-state index in [1.807, 2.05) is 0 Å². The van der Waals surface area contributed by atoms with Crippen molar-refractivity contribution >= 4 is 13.8 Å². The Morgan fingerprint density at radius 2 is 0.922 bits per heavy atom. The second-order valence-corrected chi connectivity index (χ2v) is 19.1. The van der Waals surface area contributed by atoms with Gasteiger partial charge in [-0.1, -0.05) is 197 Å². The lowest BCUT2D eigenvalue weighted by molar-refractivity contribution is -0.220. The van der Waals surface area contributed by atoms with Crippen LogP contribution in [0.4, 0.5) is 0 Å². The second kappa shape index (κ2) is 41.5. The standard InChI is InChI=1S/C51H93O12P/c1-3-5-7-9-11-13-15-17-19-21-22-23-25-27-29-31-33-35-37-39-41-60-42-44(43-61-64(58,59)63-51-49(56)47(54)46(53)48(55)50(51)57)62-45(52)40-38-36-34-32-30-28-26-24-20-18-16-14-12-10-8-6-4-2/h6,8,12,14,18,20,26,28,44,46-51,53-57H,3-5,7,9-11,13,15-17,19,21-25,27,29-43H2,1-2H3,(H,58,59)/b8-6-,14-12-,20-18-,28-26-. The van der Waals surface area contributed by atoms with E-state index in [1.54, 1.807) is 0 Å². The summed E-state index contributed by atoms with van der Waals surface area (Å²) in [6.45, 7) is 4.15. The van der Waals surface area contributed by atoms with Gasteiger partial charge in [0.1, 0.15) is 42.7 Å². The molecule has 6 unspecified atom stereocenters. The Labute approximate surface area is 388 Å². The number of carbonyl (C=O) groups excluding carboxylic acids is 1. The van der Waals surface area contributed by atoms with Crippen molar-refractivity contribution in [3.8, 4) is 0 Å². The number of phosphoric acid groups is 1. The molecule has 0 aliphatic heterocycles. The summed E-state index contributed by atoms with van der Waals surface area (Å²) in [5, 5.41) is 50.3. The summed E-state index contributed by atoms with van der Waals surface area (Å²) >= 11 is 0. The van der Waals surface area contributed by atoms with E-state index in [0.717, 1.165) is 70.6 Å². The maximum atomic E-state index is 12.8. The highest BCUT2D eigenvalue weighted by Crippen LogP contribution is 2.47. The Morgan fingerprint density at radius 3 is 1.41 bits per heavy atom. The van der Waals surface area contributed by atoms with Crippen molar-refractivity contribution in [1.29, 1.82) is 0 Å². The molecule has 0 aromatic rings. The lowest BCUT2D eigenvalue weighted by Crippen LogP contribution is -2.64. The van der Waals surface area contributed by atoms with E-state index >= 15 is 0 Å². The first-order chi connectivity index (χ1) is 31.0. The van der Waals surface area contributed by atoms with E-state index in [4.69, 9.17) is 18.5 Å². The molecule has 0 bridgehead atoms. The van der Waals surface area contributed by atoms with Gasteiger partial charge in [0.15, 0.2) is 0 Å². The fraction of sp³-hybridized carbons (Fsp3) is 0.824. The minimum atomic E-state index is -5.03. The summed E-state index contributed by atoms with van der Waals surface area (Å²) in [7, 11) is -5.03. The number of esters is 1. The summed E-state index contributed by atoms with van der Waals surface area (Å²) in [5.74, 6) is -0.498. The van der Waals surface area contributed by atoms with Crippen molar-refractivity contribution in [1.82, 2.24) is 0 Å². The zero-order valence-electron chi connectivity index (χ0n) is 40.1. The molecule has 0 aromatic heterocycles. The van der Waals surface area contributed by atoms with Crippen LogP contribution in [0, 0.1) is 0 Å². The van der Waals surface area contributed by atoms with E-state index in [1.165, 1.54) is 109 Å². The van der Waals surface area contributed by atoms with Gasteiger partial charge in [-0.3, -0.25) is 13.8 Å². The number of ether oxygens (including phenoxy) is 2. The molecule has 1 aliphatic carbocycles. The van der Waals surface area contributed by atoms with Crippen molar-refractivity contribution in [3.05, 3.63) is 48.6 Å². The highest BCUT2D eigenvalue weighted by Gasteiger charge is 2.51. The van der Waals surface area contributed by atoms with E-state index in [-0.39, 0.29) is 13.0 Å². The number of aliphatic hydroxyl groups is 5. The number of unbranched alkanes of at least 4 members (excludes halogenated alkanes) is 23. The molecule has 6 atom stereocenters. The summed E-state index contributed by atoms with van der Waals surface area (Å²) < 4.78 is 34.3. The van der Waals surface area contributed by atoms with E-state index < -0.39 is 63.1 Å². The zero-order chi connectivity index (χ0) is 46.9. The van der Waals surface area contributed by atoms with Crippen LogP contribution in [0.15, 0.2) is 48.6 Å². The van der Waals surface area contributed by atoms with Gasteiger partial charge in [-0.05, 0) is 51.4 Å². The lowest BCUT2D eigenvalue weighted by Gasteiger charge is -2.41. The molecule has 13 heteroatoms. The first kappa shape index (κ1) is 60.3. The number of allylic oxidation sites excluding steroid dienone is 8. The Kier molecular flexibility index (Phi) is 39.1. The van der Waals surface area contributed by atoms with Crippen LogP contribution in [0.2, 0.25) is 0 Å². The molecule has 0 heterocycles. The predicted molar refractivity (Wildman–Crippen MR) is 258 cm³/mol. The summed E-state index contributed by atoms with van der Waals surface area (Å²) in [6, 6.07) is 0. The van der Waals surface area contributed by atoms with Gasteiger partial charge in [-0.2, -0.15) is 0 Å². The monoisotopic (exact) mass is 929 g/mol. The third-order valence-corrected chi connectivity index (χ3v) is 12.7. The first-order valence-corrected chi connectivity index (χ1v) is 27.0. The fourth-order valence-electron chi connectivity index (χ4n) is 7.70. The Balaban J connectivity index is 2.35. The molecule has 1 rings (SSSR count). The van der Waals surface area contributed by atoms with Gasteiger partial charge in [-0.25, -0.2) is 4.57 Å². The van der Waals surface area contributed by atoms with Crippen molar-refractivity contribution in [2.45, 2.75) is 249 Å². The molecule has 0 saturated heterocycles. The molecule has 0 radical (unpaired) electrons. The minimum Gasteiger partial charge on any atom is -0.457 e. The molecule has 6 N–H and O–H groups in total. The average molecular weight is 929 g/mol. The molecule has 1 saturated carbocycles. The molecule has 1 fully saturated rings. The van der Waals surface area contributed by atoms with Gasteiger partial charge >= 0.3 is 13.8 Å². The van der Waals surface area contributed by atoms with Crippen LogP contribution >= 0.6 is 7.82 Å². The number of hydrogen-bond donors (Lipinski definition) is 6. The Hall–Kier alpha value is -1.70. The van der Waals surface area contributed by atoms with Crippen LogP contribution in [0.25, 0.3) is 0 Å². The van der Waals surface area contributed by atoms with E-state index in [9.17, 15) is 39.8 Å². The molecular formula is C51H93O12P. The minimum absolute atomic E-state index is 0.0853. The van der Waals surface area contributed by atoms with E-state index in [2.05, 4.69) is 62.5 Å². The summed E-state index contributed by atoms with van der Waals surface area (Å²) in [4.78, 5) is 23.2. The van der Waals surface area contributed by atoms with Gasteiger partial charge in [0.05, 0.1) is 13.2 Å². The molecule has 12 nitrogen and oxygen atoms in total. The number of hydrogen-bond acceptors (Lipinski definition) is 11. The molecular weight excluding hydrogens is 836 g/mol. The maximum Gasteiger partial charge on any atom is 0.472 e. The summed E-state index contributed by atoms with van der Waals surface area (Å²) in [6.07, 6.45) is 38.9. The van der Waals surface area contributed by atoms with Crippen LogP contribution in [0.3, 0.4) is 0 Å². The second-order valence-electron chi connectivity index (χ2n) is 17.6. The number of phosphoric ester groups is 1. The molecule has 374 valence electrons. The van der Waals surface area contributed by atoms with Crippen molar-refractivity contribution in [2.24, 2.45) is 0 Å². The maximum absolute atomic E-state index is 12.8. The molecule has 0 aromatic carbocycles. The number of aliphatic hydroxyl groups excluding tert-OH is 5. The number of rotatable bonds is 43. The van der Waals surface area contributed by atoms with Crippen LogP contribution in [-0.2, 0) is 27.9 Å². The highest BCUT2D eigenvalue weighted by atomic mass is 31.2. The molecule has 0 spiro atoms. The quantitative estimate of drug-likeness (QED) is 0.0147. The van der Waals surface area contributed by atoms with Crippen molar-refractivity contribution < 1.29 is 58.3 Å². The van der Waals surface area contributed by atoms with Gasteiger partial charge in [0.25, 0.3) is 0 Å².